The largest absolute Gasteiger partial charge is 0.336 e. The zero-order valence-electron chi connectivity index (χ0n) is 10.1. The molecular weight excluding hydrogens is 377 g/mol. The van der Waals surface area contributed by atoms with E-state index >= 15 is 0 Å². The number of nitrogens with zero attached hydrogens (tertiary/aromatic N) is 3. The summed E-state index contributed by atoms with van der Waals surface area (Å²) in [4.78, 5) is 11.8. The van der Waals surface area contributed by atoms with E-state index < -0.39 is 0 Å². The predicted molar refractivity (Wildman–Crippen MR) is 83.4 cm³/mol. The van der Waals surface area contributed by atoms with Crippen LogP contribution in [0.2, 0.25) is 0 Å². The Bertz CT molecular complexity index is 601. The molecule has 19 heavy (non-hydrogen) atoms. The number of anilines is 1. The molecule has 0 saturated heterocycles. The van der Waals surface area contributed by atoms with Gasteiger partial charge >= 0.3 is 0 Å². The minimum Gasteiger partial charge on any atom is -0.336 e. The van der Waals surface area contributed by atoms with Crippen LogP contribution < -0.4 is 11.2 Å². The van der Waals surface area contributed by atoms with Crippen LogP contribution in [0.4, 0.5) is 5.69 Å². The molecule has 0 radical (unpaired) electrons. The molecule has 0 saturated carbocycles. The van der Waals surface area contributed by atoms with Crippen molar-refractivity contribution in [1.29, 1.82) is 0 Å². The summed E-state index contributed by atoms with van der Waals surface area (Å²) in [6, 6.07) is 7.60. The number of aromatic nitrogens is 3. The highest BCUT2D eigenvalue weighted by Crippen LogP contribution is 2.18. The van der Waals surface area contributed by atoms with Crippen molar-refractivity contribution in [2.45, 2.75) is 12.1 Å². The summed E-state index contributed by atoms with van der Waals surface area (Å²) in [6.07, 6.45) is 0. The predicted octanol–water partition coefficient (Wildman–Crippen LogP) is 1.64. The maximum Gasteiger partial charge on any atom is 0.234 e. The van der Waals surface area contributed by atoms with Crippen LogP contribution in [0.3, 0.4) is 0 Å². The highest BCUT2D eigenvalue weighted by Gasteiger charge is 2.10. The lowest BCUT2D eigenvalue weighted by Crippen LogP contribution is -2.17. The molecule has 0 aliphatic carbocycles. The number of aryl methyl sites for hydroxylation is 1. The number of hydrogen-bond acceptors (Lipinski definition) is 5. The molecular formula is C11H12IN5OS. The molecule has 1 amide bonds. The van der Waals surface area contributed by atoms with Crippen molar-refractivity contribution in [3.8, 4) is 0 Å². The van der Waals surface area contributed by atoms with Gasteiger partial charge in [-0.1, -0.05) is 23.9 Å². The Morgan fingerprint density at radius 2 is 2.21 bits per heavy atom. The van der Waals surface area contributed by atoms with E-state index in [1.807, 2.05) is 24.3 Å². The Labute approximate surface area is 128 Å². The second-order valence-corrected chi connectivity index (χ2v) is 5.82. The molecule has 0 unspecified atom stereocenters. The average molecular weight is 389 g/mol. The lowest BCUT2D eigenvalue weighted by atomic mass is 10.3. The molecule has 6 nitrogen and oxygen atoms in total. The van der Waals surface area contributed by atoms with E-state index in [4.69, 9.17) is 5.84 Å². The number of halogens is 1. The molecule has 3 N–H and O–H groups in total. The van der Waals surface area contributed by atoms with Crippen LogP contribution in [-0.4, -0.2) is 26.5 Å². The van der Waals surface area contributed by atoms with Gasteiger partial charge in [0.05, 0.1) is 11.4 Å². The zero-order valence-corrected chi connectivity index (χ0v) is 13.1. The first-order valence-electron chi connectivity index (χ1n) is 5.42. The molecule has 0 aliphatic rings. The SMILES string of the molecule is Cc1nnc(SCC(=O)Nc2ccccc2I)n1N. The van der Waals surface area contributed by atoms with Crippen molar-refractivity contribution >= 4 is 45.9 Å². The van der Waals surface area contributed by atoms with Crippen molar-refractivity contribution in [2.75, 3.05) is 16.9 Å². The topological polar surface area (TPSA) is 85.8 Å². The number of benzene rings is 1. The molecule has 2 aromatic rings. The van der Waals surface area contributed by atoms with Crippen LogP contribution in [0.1, 0.15) is 5.82 Å². The normalized spacial score (nSPS) is 10.4. The Morgan fingerprint density at radius 3 is 2.84 bits per heavy atom. The number of rotatable bonds is 4. The third-order valence-corrected chi connectivity index (χ3v) is 4.20. The molecule has 0 bridgehead atoms. The highest BCUT2D eigenvalue weighted by molar-refractivity contribution is 14.1. The number of hydrogen-bond donors (Lipinski definition) is 2. The first-order chi connectivity index (χ1) is 9.08. The number of amides is 1. The van der Waals surface area contributed by atoms with Gasteiger partial charge in [-0.3, -0.25) is 4.79 Å². The maximum atomic E-state index is 11.8. The van der Waals surface area contributed by atoms with Crippen molar-refractivity contribution in [2.24, 2.45) is 0 Å². The Balaban J connectivity index is 1.92. The van der Waals surface area contributed by atoms with Crippen LogP contribution >= 0.6 is 34.4 Å². The average Bonchev–Trinajstić information content (AvgIpc) is 2.70. The molecule has 1 aromatic heterocycles. The van der Waals surface area contributed by atoms with Crippen LogP contribution in [-0.2, 0) is 4.79 Å². The summed E-state index contributed by atoms with van der Waals surface area (Å²) in [5.74, 6) is 6.45. The molecule has 1 heterocycles. The molecule has 1 aromatic carbocycles. The van der Waals surface area contributed by atoms with Gasteiger partial charge in [0.1, 0.15) is 5.82 Å². The van der Waals surface area contributed by atoms with E-state index in [0.29, 0.717) is 11.0 Å². The van der Waals surface area contributed by atoms with Gasteiger partial charge in [0, 0.05) is 3.57 Å². The van der Waals surface area contributed by atoms with Gasteiger partial charge in [0.25, 0.3) is 0 Å². The number of thioether (sulfide) groups is 1. The van der Waals surface area contributed by atoms with Gasteiger partial charge in [0.2, 0.25) is 11.1 Å². The highest BCUT2D eigenvalue weighted by atomic mass is 127. The lowest BCUT2D eigenvalue weighted by molar-refractivity contribution is -0.113. The second-order valence-electron chi connectivity index (χ2n) is 3.72. The van der Waals surface area contributed by atoms with E-state index in [1.165, 1.54) is 16.4 Å². The van der Waals surface area contributed by atoms with Gasteiger partial charge in [-0.2, -0.15) is 0 Å². The number of para-hydroxylation sites is 1. The zero-order chi connectivity index (χ0) is 13.8. The first-order valence-corrected chi connectivity index (χ1v) is 7.48. The molecule has 2 rings (SSSR count). The van der Waals surface area contributed by atoms with Gasteiger partial charge < -0.3 is 11.2 Å². The van der Waals surface area contributed by atoms with E-state index in [9.17, 15) is 4.79 Å². The van der Waals surface area contributed by atoms with Crippen molar-refractivity contribution < 1.29 is 4.79 Å². The Morgan fingerprint density at radius 1 is 1.47 bits per heavy atom. The van der Waals surface area contributed by atoms with Crippen LogP contribution in [0.15, 0.2) is 29.4 Å². The molecule has 100 valence electrons. The number of nitrogens with two attached hydrogens (primary N) is 1. The molecule has 0 aliphatic heterocycles. The summed E-state index contributed by atoms with van der Waals surface area (Å²) < 4.78 is 2.36. The van der Waals surface area contributed by atoms with Gasteiger partial charge in [0.15, 0.2) is 0 Å². The fourth-order valence-corrected chi connectivity index (χ4v) is 2.55. The van der Waals surface area contributed by atoms with Gasteiger partial charge in [-0.05, 0) is 41.6 Å². The summed E-state index contributed by atoms with van der Waals surface area (Å²) in [6.45, 7) is 1.75. The molecule has 8 heteroatoms. The summed E-state index contributed by atoms with van der Waals surface area (Å²) >= 11 is 3.43. The van der Waals surface area contributed by atoms with Crippen LogP contribution in [0.25, 0.3) is 0 Å². The van der Waals surface area contributed by atoms with Crippen molar-refractivity contribution in [3.63, 3.8) is 0 Å². The smallest absolute Gasteiger partial charge is 0.234 e. The third-order valence-electron chi connectivity index (χ3n) is 2.32. The van der Waals surface area contributed by atoms with E-state index in [1.54, 1.807) is 6.92 Å². The quantitative estimate of drug-likeness (QED) is 0.472. The Hall–Kier alpha value is -1.29. The van der Waals surface area contributed by atoms with Crippen LogP contribution in [0, 0.1) is 10.5 Å². The second kappa shape index (κ2) is 6.24. The van der Waals surface area contributed by atoms with Crippen molar-refractivity contribution in [3.05, 3.63) is 33.7 Å². The monoisotopic (exact) mass is 389 g/mol. The number of nitrogens with one attached hydrogen (secondary N) is 1. The molecule has 0 fully saturated rings. The standard InChI is InChI=1S/C11H12IN5OS/c1-7-15-16-11(17(7)13)19-6-10(18)14-9-5-3-2-4-8(9)12/h2-5H,6,13H2,1H3,(H,14,18). The van der Waals surface area contributed by atoms with Crippen molar-refractivity contribution in [1.82, 2.24) is 14.9 Å². The minimum atomic E-state index is -0.102. The summed E-state index contributed by atoms with van der Waals surface area (Å²) in [5, 5.41) is 11.1. The summed E-state index contributed by atoms with van der Waals surface area (Å²) in [7, 11) is 0. The van der Waals surface area contributed by atoms with E-state index in [2.05, 4.69) is 38.1 Å². The number of nitrogen functional groups attached to an aromatic ring is 1. The van der Waals surface area contributed by atoms with E-state index in [0.717, 1.165) is 9.26 Å². The fraction of sp³-hybridized carbons (Fsp3) is 0.182. The molecule has 0 atom stereocenters. The minimum absolute atomic E-state index is 0.102. The third kappa shape index (κ3) is 3.60. The van der Waals surface area contributed by atoms with Gasteiger partial charge in [-0.15, -0.1) is 10.2 Å². The molecule has 0 spiro atoms. The first kappa shape index (κ1) is 14.1. The fourth-order valence-electron chi connectivity index (χ4n) is 1.33. The van der Waals surface area contributed by atoms with Gasteiger partial charge in [-0.25, -0.2) is 4.68 Å². The maximum absolute atomic E-state index is 11.8. The van der Waals surface area contributed by atoms with E-state index in [-0.39, 0.29) is 11.7 Å². The van der Waals surface area contributed by atoms with Crippen LogP contribution in [0.5, 0.6) is 0 Å². The lowest BCUT2D eigenvalue weighted by Gasteiger charge is -2.06. The number of carbonyl (C=O) groups excluding carboxylic acids is 1. The Kier molecular flexibility index (Phi) is 4.64. The summed E-state index contributed by atoms with van der Waals surface area (Å²) in [5.41, 5.74) is 0.805. The number of carbonyl (C=O) groups is 1.